The number of aryl methyl sites for hydroxylation is 2. The minimum Gasteiger partial charge on any atom is -0.320 e. The van der Waals surface area contributed by atoms with E-state index in [-0.39, 0.29) is 5.56 Å². The average Bonchev–Trinajstić information content (AvgIpc) is 2.37. The molecule has 0 aliphatic rings. The van der Waals surface area contributed by atoms with Gasteiger partial charge in [-0.15, -0.1) is 0 Å². The number of nitrogens with two attached hydrogens (primary N) is 1. The highest BCUT2D eigenvalue weighted by molar-refractivity contribution is 5.44. The fraction of sp³-hybridized carbons (Fsp3) is 0.250. The van der Waals surface area contributed by atoms with Gasteiger partial charge in [0, 0.05) is 0 Å². The second-order valence-electron chi connectivity index (χ2n) is 4.87. The number of hydrogen-bond donors (Lipinski definition) is 1. The highest BCUT2D eigenvalue weighted by atomic mass is 19.4. The highest BCUT2D eigenvalue weighted by Crippen LogP contribution is 2.36. The second kappa shape index (κ2) is 5.29. The zero-order valence-corrected chi connectivity index (χ0v) is 11.3. The van der Waals surface area contributed by atoms with Crippen LogP contribution in [0, 0.1) is 13.8 Å². The molecule has 0 bridgehead atoms. The van der Waals surface area contributed by atoms with E-state index < -0.39 is 17.8 Å². The number of halogens is 3. The summed E-state index contributed by atoms with van der Waals surface area (Å²) in [5, 5.41) is 0. The van der Waals surface area contributed by atoms with E-state index >= 15 is 0 Å². The summed E-state index contributed by atoms with van der Waals surface area (Å²) < 4.78 is 39.2. The summed E-state index contributed by atoms with van der Waals surface area (Å²) in [7, 11) is 0. The van der Waals surface area contributed by atoms with Crippen LogP contribution in [-0.2, 0) is 6.18 Å². The number of alkyl halides is 3. The number of rotatable bonds is 2. The summed E-state index contributed by atoms with van der Waals surface area (Å²) in [6.07, 6.45) is -4.40. The Kier molecular flexibility index (Phi) is 3.86. The quantitative estimate of drug-likeness (QED) is 0.868. The van der Waals surface area contributed by atoms with Gasteiger partial charge in [-0.3, -0.25) is 0 Å². The van der Waals surface area contributed by atoms with Crippen LogP contribution in [0.3, 0.4) is 0 Å². The Bertz CT molecular complexity index is 597. The molecule has 0 saturated carbocycles. The summed E-state index contributed by atoms with van der Waals surface area (Å²) in [5.41, 5.74) is 8.10. The third kappa shape index (κ3) is 2.70. The highest BCUT2D eigenvalue weighted by Gasteiger charge is 2.34. The summed E-state index contributed by atoms with van der Waals surface area (Å²) in [6.45, 7) is 3.72. The Hall–Kier alpha value is -1.81. The maximum atomic E-state index is 13.1. The lowest BCUT2D eigenvalue weighted by atomic mass is 9.89. The lowest BCUT2D eigenvalue weighted by molar-refractivity contribution is -0.138. The van der Waals surface area contributed by atoms with E-state index in [9.17, 15) is 13.2 Å². The first-order chi connectivity index (χ1) is 9.32. The first-order valence-corrected chi connectivity index (χ1v) is 6.30. The Morgan fingerprint density at radius 1 is 0.900 bits per heavy atom. The molecule has 0 radical (unpaired) electrons. The van der Waals surface area contributed by atoms with Crippen molar-refractivity contribution in [3.05, 3.63) is 70.3 Å². The van der Waals surface area contributed by atoms with Crippen molar-refractivity contribution in [1.82, 2.24) is 0 Å². The summed E-state index contributed by atoms with van der Waals surface area (Å²) >= 11 is 0. The van der Waals surface area contributed by atoms with Gasteiger partial charge in [0.1, 0.15) is 0 Å². The van der Waals surface area contributed by atoms with E-state index in [0.717, 1.165) is 22.8 Å². The molecule has 2 rings (SSSR count). The predicted molar refractivity (Wildman–Crippen MR) is 73.4 cm³/mol. The molecule has 0 amide bonds. The van der Waals surface area contributed by atoms with Crippen LogP contribution in [-0.4, -0.2) is 0 Å². The van der Waals surface area contributed by atoms with E-state index in [2.05, 4.69) is 0 Å². The van der Waals surface area contributed by atoms with Gasteiger partial charge in [0.2, 0.25) is 0 Å². The van der Waals surface area contributed by atoms with Gasteiger partial charge < -0.3 is 5.73 Å². The van der Waals surface area contributed by atoms with Crippen molar-refractivity contribution in [1.29, 1.82) is 0 Å². The molecule has 0 aliphatic heterocycles. The predicted octanol–water partition coefficient (Wildman–Crippen LogP) is 4.37. The standard InChI is InChI=1S/C16H16F3N/c1-10-6-5-7-11(2)14(10)15(20)12-8-3-4-9-13(12)16(17,18)19/h3-9,15H,20H2,1-2H3. The zero-order chi connectivity index (χ0) is 14.9. The zero-order valence-electron chi connectivity index (χ0n) is 11.3. The van der Waals surface area contributed by atoms with Crippen LogP contribution >= 0.6 is 0 Å². The van der Waals surface area contributed by atoms with Crippen molar-refractivity contribution < 1.29 is 13.2 Å². The molecule has 0 heterocycles. The lowest BCUT2D eigenvalue weighted by Gasteiger charge is -2.21. The van der Waals surface area contributed by atoms with E-state index in [0.29, 0.717) is 0 Å². The molecule has 2 N–H and O–H groups in total. The van der Waals surface area contributed by atoms with Crippen molar-refractivity contribution in [3.8, 4) is 0 Å². The molecule has 0 aromatic heterocycles. The summed E-state index contributed by atoms with van der Waals surface area (Å²) in [6, 6.07) is 10.3. The first-order valence-electron chi connectivity index (χ1n) is 6.30. The van der Waals surface area contributed by atoms with Crippen LogP contribution in [0.4, 0.5) is 13.2 Å². The molecule has 4 heteroatoms. The van der Waals surface area contributed by atoms with Crippen LogP contribution in [0.2, 0.25) is 0 Å². The van der Waals surface area contributed by atoms with E-state index in [1.165, 1.54) is 12.1 Å². The van der Waals surface area contributed by atoms with Gasteiger partial charge >= 0.3 is 6.18 Å². The molecule has 0 saturated heterocycles. The fourth-order valence-electron chi connectivity index (χ4n) is 2.50. The molecule has 1 nitrogen and oxygen atoms in total. The number of hydrogen-bond acceptors (Lipinski definition) is 1. The van der Waals surface area contributed by atoms with Crippen molar-refractivity contribution in [2.75, 3.05) is 0 Å². The molecule has 106 valence electrons. The Morgan fingerprint density at radius 2 is 1.45 bits per heavy atom. The van der Waals surface area contributed by atoms with Gasteiger partial charge in [0.15, 0.2) is 0 Å². The summed E-state index contributed by atoms with van der Waals surface area (Å²) in [4.78, 5) is 0. The van der Waals surface area contributed by atoms with Crippen molar-refractivity contribution in [2.45, 2.75) is 26.1 Å². The molecular weight excluding hydrogens is 263 g/mol. The molecule has 1 atom stereocenters. The molecule has 0 aliphatic carbocycles. The van der Waals surface area contributed by atoms with Crippen LogP contribution in [0.1, 0.15) is 33.9 Å². The molecule has 0 fully saturated rings. The van der Waals surface area contributed by atoms with Crippen molar-refractivity contribution in [3.63, 3.8) is 0 Å². The van der Waals surface area contributed by atoms with E-state index in [4.69, 9.17) is 5.73 Å². The molecule has 2 aromatic rings. The second-order valence-corrected chi connectivity index (χ2v) is 4.87. The minimum atomic E-state index is -4.40. The van der Waals surface area contributed by atoms with Crippen LogP contribution < -0.4 is 5.73 Å². The van der Waals surface area contributed by atoms with Gasteiger partial charge in [-0.05, 0) is 42.2 Å². The van der Waals surface area contributed by atoms with Crippen LogP contribution in [0.25, 0.3) is 0 Å². The largest absolute Gasteiger partial charge is 0.416 e. The smallest absolute Gasteiger partial charge is 0.320 e. The monoisotopic (exact) mass is 279 g/mol. The average molecular weight is 279 g/mol. The Labute approximate surface area is 116 Å². The number of benzene rings is 2. The molecule has 20 heavy (non-hydrogen) atoms. The Balaban J connectivity index is 2.58. The van der Waals surface area contributed by atoms with E-state index in [1.54, 1.807) is 6.07 Å². The fourth-order valence-corrected chi connectivity index (χ4v) is 2.50. The third-order valence-corrected chi connectivity index (χ3v) is 3.45. The maximum Gasteiger partial charge on any atom is 0.416 e. The minimum absolute atomic E-state index is 0.109. The molecule has 0 spiro atoms. The maximum absolute atomic E-state index is 13.1. The van der Waals surface area contributed by atoms with E-state index in [1.807, 2.05) is 32.0 Å². The first kappa shape index (κ1) is 14.6. The van der Waals surface area contributed by atoms with Crippen molar-refractivity contribution in [2.24, 2.45) is 5.73 Å². The van der Waals surface area contributed by atoms with Gasteiger partial charge in [-0.1, -0.05) is 36.4 Å². The van der Waals surface area contributed by atoms with Gasteiger partial charge in [0.25, 0.3) is 0 Å². The lowest BCUT2D eigenvalue weighted by Crippen LogP contribution is -2.20. The van der Waals surface area contributed by atoms with Gasteiger partial charge in [-0.2, -0.15) is 13.2 Å². The molecule has 1 unspecified atom stereocenters. The van der Waals surface area contributed by atoms with Gasteiger partial charge in [-0.25, -0.2) is 0 Å². The SMILES string of the molecule is Cc1cccc(C)c1C(N)c1ccccc1C(F)(F)F. The topological polar surface area (TPSA) is 26.0 Å². The molecule has 2 aromatic carbocycles. The van der Waals surface area contributed by atoms with Crippen LogP contribution in [0.15, 0.2) is 42.5 Å². The molecular formula is C16H16F3N. The van der Waals surface area contributed by atoms with Gasteiger partial charge in [0.05, 0.1) is 11.6 Å². The summed E-state index contributed by atoms with van der Waals surface area (Å²) in [5.74, 6) is 0. The third-order valence-electron chi connectivity index (χ3n) is 3.45. The normalized spacial score (nSPS) is 13.3. The van der Waals surface area contributed by atoms with Crippen LogP contribution in [0.5, 0.6) is 0 Å². The van der Waals surface area contributed by atoms with Crippen molar-refractivity contribution >= 4 is 0 Å². The Morgan fingerprint density at radius 3 is 2.00 bits per heavy atom.